The third-order valence-electron chi connectivity index (χ3n) is 5.01. The van der Waals surface area contributed by atoms with Gasteiger partial charge in [0.15, 0.2) is 0 Å². The van der Waals surface area contributed by atoms with Crippen molar-refractivity contribution in [2.75, 3.05) is 31.1 Å². The van der Waals surface area contributed by atoms with E-state index in [0.717, 1.165) is 24.8 Å². The lowest BCUT2D eigenvalue weighted by Crippen LogP contribution is -2.47. The van der Waals surface area contributed by atoms with E-state index in [0.29, 0.717) is 5.56 Å². The largest absolute Gasteiger partial charge is 0.371 e. The smallest absolute Gasteiger partial charge is 0.129 e. The summed E-state index contributed by atoms with van der Waals surface area (Å²) in [5.41, 5.74) is 7.38. The molecule has 0 radical (unpaired) electrons. The minimum Gasteiger partial charge on any atom is -0.371 e. The van der Waals surface area contributed by atoms with Crippen molar-refractivity contribution < 1.29 is 4.39 Å². The molecule has 0 bridgehead atoms. The third-order valence-corrected chi connectivity index (χ3v) is 5.01. The highest BCUT2D eigenvalue weighted by atomic mass is 19.1. The SMILES string of the molecule is NCc1c(F)cccc1N1CCC(N2CCCCC2)CC1. The highest BCUT2D eigenvalue weighted by Gasteiger charge is 2.26. The van der Waals surface area contributed by atoms with E-state index in [1.165, 1.54) is 51.3 Å². The first kappa shape index (κ1) is 14.8. The number of hydrogen-bond acceptors (Lipinski definition) is 3. The summed E-state index contributed by atoms with van der Waals surface area (Å²) in [6, 6.07) is 6.02. The van der Waals surface area contributed by atoms with Crippen molar-refractivity contribution in [3.8, 4) is 0 Å². The second kappa shape index (κ2) is 6.75. The van der Waals surface area contributed by atoms with Crippen LogP contribution in [0, 0.1) is 5.82 Å². The van der Waals surface area contributed by atoms with E-state index >= 15 is 0 Å². The van der Waals surface area contributed by atoms with Crippen LogP contribution in [-0.4, -0.2) is 37.1 Å². The van der Waals surface area contributed by atoms with Crippen molar-refractivity contribution in [3.05, 3.63) is 29.6 Å². The molecule has 2 fully saturated rings. The van der Waals surface area contributed by atoms with Crippen molar-refractivity contribution in [1.29, 1.82) is 0 Å². The molecule has 1 aromatic carbocycles. The maximum atomic E-state index is 13.9. The molecular formula is C17H26FN3. The van der Waals surface area contributed by atoms with Gasteiger partial charge in [-0.25, -0.2) is 4.39 Å². The number of nitrogens with zero attached hydrogens (tertiary/aromatic N) is 2. The Morgan fingerprint density at radius 2 is 1.76 bits per heavy atom. The van der Waals surface area contributed by atoms with Gasteiger partial charge in [-0.05, 0) is 50.9 Å². The maximum Gasteiger partial charge on any atom is 0.129 e. The Kier molecular flexibility index (Phi) is 4.76. The summed E-state index contributed by atoms with van der Waals surface area (Å²) < 4.78 is 13.9. The minimum atomic E-state index is -0.173. The van der Waals surface area contributed by atoms with E-state index in [1.807, 2.05) is 6.07 Å². The van der Waals surface area contributed by atoms with Gasteiger partial charge in [0, 0.05) is 36.9 Å². The molecule has 0 amide bonds. The van der Waals surface area contributed by atoms with Crippen LogP contribution in [0.15, 0.2) is 18.2 Å². The molecular weight excluding hydrogens is 265 g/mol. The fraction of sp³-hybridized carbons (Fsp3) is 0.647. The van der Waals surface area contributed by atoms with E-state index in [1.54, 1.807) is 6.07 Å². The van der Waals surface area contributed by atoms with Crippen molar-refractivity contribution in [1.82, 2.24) is 4.90 Å². The van der Waals surface area contributed by atoms with Crippen molar-refractivity contribution in [2.45, 2.75) is 44.7 Å². The molecule has 21 heavy (non-hydrogen) atoms. The lowest BCUT2D eigenvalue weighted by molar-refractivity contribution is 0.141. The van der Waals surface area contributed by atoms with Crippen LogP contribution in [-0.2, 0) is 6.54 Å². The predicted octanol–water partition coefficient (Wildman–Crippen LogP) is 2.74. The number of anilines is 1. The number of benzene rings is 1. The first-order valence-corrected chi connectivity index (χ1v) is 8.26. The summed E-state index contributed by atoms with van der Waals surface area (Å²) in [5, 5.41) is 0. The highest BCUT2D eigenvalue weighted by Crippen LogP contribution is 2.28. The van der Waals surface area contributed by atoms with Crippen molar-refractivity contribution in [2.24, 2.45) is 5.73 Å². The van der Waals surface area contributed by atoms with Gasteiger partial charge in [-0.1, -0.05) is 12.5 Å². The van der Waals surface area contributed by atoms with Gasteiger partial charge in [-0.15, -0.1) is 0 Å². The lowest BCUT2D eigenvalue weighted by atomic mass is 9.98. The Morgan fingerprint density at radius 1 is 1.05 bits per heavy atom. The Morgan fingerprint density at radius 3 is 2.43 bits per heavy atom. The minimum absolute atomic E-state index is 0.173. The molecule has 2 saturated heterocycles. The van der Waals surface area contributed by atoms with E-state index in [2.05, 4.69) is 9.80 Å². The third kappa shape index (κ3) is 3.22. The number of halogens is 1. The molecule has 0 aromatic heterocycles. The van der Waals surface area contributed by atoms with Gasteiger partial charge in [-0.2, -0.15) is 0 Å². The van der Waals surface area contributed by atoms with Gasteiger partial charge in [0.05, 0.1) is 0 Å². The number of piperidine rings is 2. The molecule has 2 aliphatic heterocycles. The van der Waals surface area contributed by atoms with E-state index in [9.17, 15) is 4.39 Å². The Balaban J connectivity index is 1.64. The lowest BCUT2D eigenvalue weighted by Gasteiger charge is -2.41. The zero-order valence-electron chi connectivity index (χ0n) is 12.7. The molecule has 2 aliphatic rings. The Labute approximate surface area is 126 Å². The number of likely N-dealkylation sites (tertiary alicyclic amines) is 1. The van der Waals surface area contributed by atoms with Crippen LogP contribution in [0.3, 0.4) is 0 Å². The molecule has 1 aromatic rings. The molecule has 2 heterocycles. The average Bonchev–Trinajstić information content (AvgIpc) is 2.55. The Hall–Kier alpha value is -1.13. The molecule has 2 N–H and O–H groups in total. The Bertz CT molecular complexity index is 463. The average molecular weight is 291 g/mol. The second-order valence-electron chi connectivity index (χ2n) is 6.26. The quantitative estimate of drug-likeness (QED) is 0.929. The zero-order valence-corrected chi connectivity index (χ0v) is 12.7. The molecule has 116 valence electrons. The van der Waals surface area contributed by atoms with Crippen LogP contribution in [0.2, 0.25) is 0 Å². The van der Waals surface area contributed by atoms with Crippen LogP contribution in [0.4, 0.5) is 10.1 Å². The topological polar surface area (TPSA) is 32.5 Å². The second-order valence-corrected chi connectivity index (χ2v) is 6.26. The summed E-state index contributed by atoms with van der Waals surface area (Å²) in [6.07, 6.45) is 6.45. The number of rotatable bonds is 3. The number of hydrogen-bond donors (Lipinski definition) is 1. The van der Waals surface area contributed by atoms with Gasteiger partial charge in [0.1, 0.15) is 5.82 Å². The van der Waals surface area contributed by atoms with Gasteiger partial charge in [0.2, 0.25) is 0 Å². The van der Waals surface area contributed by atoms with Crippen LogP contribution in [0.1, 0.15) is 37.7 Å². The summed E-state index contributed by atoms with van der Waals surface area (Å²) >= 11 is 0. The van der Waals surface area contributed by atoms with Crippen molar-refractivity contribution in [3.63, 3.8) is 0 Å². The predicted molar refractivity (Wildman–Crippen MR) is 85.0 cm³/mol. The molecule has 0 saturated carbocycles. The van der Waals surface area contributed by atoms with Crippen LogP contribution in [0.25, 0.3) is 0 Å². The molecule has 3 rings (SSSR count). The summed E-state index contributed by atoms with van der Waals surface area (Å²) in [6.45, 7) is 4.82. The number of nitrogens with two attached hydrogens (primary N) is 1. The zero-order chi connectivity index (χ0) is 14.7. The fourth-order valence-corrected chi connectivity index (χ4v) is 3.80. The van der Waals surface area contributed by atoms with Gasteiger partial charge < -0.3 is 15.5 Å². The monoisotopic (exact) mass is 291 g/mol. The van der Waals surface area contributed by atoms with Gasteiger partial charge in [0.25, 0.3) is 0 Å². The molecule has 3 nitrogen and oxygen atoms in total. The first-order valence-electron chi connectivity index (χ1n) is 8.26. The first-order chi connectivity index (χ1) is 10.3. The van der Waals surface area contributed by atoms with Crippen LogP contribution in [0.5, 0.6) is 0 Å². The molecule has 0 spiro atoms. The molecule has 4 heteroatoms. The van der Waals surface area contributed by atoms with E-state index < -0.39 is 0 Å². The van der Waals surface area contributed by atoms with Crippen LogP contribution >= 0.6 is 0 Å². The molecule has 0 unspecified atom stereocenters. The molecule has 0 atom stereocenters. The standard InChI is InChI=1S/C17H26FN3/c18-16-5-4-6-17(15(16)13-19)21-11-7-14(8-12-21)20-9-2-1-3-10-20/h4-6,14H,1-3,7-13,19H2. The van der Waals surface area contributed by atoms with Gasteiger partial charge >= 0.3 is 0 Å². The highest BCUT2D eigenvalue weighted by molar-refractivity contribution is 5.54. The fourth-order valence-electron chi connectivity index (χ4n) is 3.80. The summed E-state index contributed by atoms with van der Waals surface area (Å²) in [4.78, 5) is 4.97. The van der Waals surface area contributed by atoms with Gasteiger partial charge in [-0.3, -0.25) is 0 Å². The molecule has 0 aliphatic carbocycles. The summed E-state index contributed by atoms with van der Waals surface area (Å²) in [7, 11) is 0. The van der Waals surface area contributed by atoms with E-state index in [4.69, 9.17) is 5.73 Å². The maximum absolute atomic E-state index is 13.9. The van der Waals surface area contributed by atoms with Crippen LogP contribution < -0.4 is 10.6 Å². The van der Waals surface area contributed by atoms with Crippen molar-refractivity contribution >= 4 is 5.69 Å². The normalized spacial score (nSPS) is 21.7. The summed E-state index contributed by atoms with van der Waals surface area (Å²) in [5.74, 6) is -0.173. The van der Waals surface area contributed by atoms with E-state index in [-0.39, 0.29) is 12.4 Å².